The van der Waals surface area contributed by atoms with E-state index >= 15 is 0 Å². The van der Waals surface area contributed by atoms with Gasteiger partial charge in [0.05, 0.1) is 5.75 Å². The maximum absolute atomic E-state index is 9.83. The van der Waals surface area contributed by atoms with Gasteiger partial charge < -0.3 is 10.0 Å². The van der Waals surface area contributed by atoms with E-state index in [2.05, 4.69) is 25.9 Å². The minimum absolute atomic E-state index is 0.0961. The lowest BCUT2D eigenvalue weighted by Gasteiger charge is -2.08. The van der Waals surface area contributed by atoms with Crippen LogP contribution >= 0.6 is 0 Å². The van der Waals surface area contributed by atoms with E-state index in [-0.39, 0.29) is 18.8 Å². The van der Waals surface area contributed by atoms with Gasteiger partial charge in [-0.15, -0.1) is 0 Å². The van der Waals surface area contributed by atoms with Gasteiger partial charge >= 0.3 is 0 Å². The summed E-state index contributed by atoms with van der Waals surface area (Å²) in [6.45, 7) is 3.33. The Morgan fingerprint density at radius 2 is 1.22 bits per heavy atom. The molecule has 0 radical (unpaired) electrons. The molecule has 0 atom stereocenters. The van der Waals surface area contributed by atoms with Gasteiger partial charge in [0.25, 0.3) is 10.1 Å². The van der Waals surface area contributed by atoms with E-state index in [0.717, 1.165) is 0 Å². The van der Waals surface area contributed by atoms with Gasteiger partial charge in [0.15, 0.2) is 0 Å². The molecule has 0 spiro atoms. The highest BCUT2D eigenvalue weighted by atomic mass is 32.2. The molecule has 0 bridgehead atoms. The largest absolute Gasteiger partial charge is 0.396 e. The van der Waals surface area contributed by atoms with Crippen LogP contribution < -0.4 is 0 Å². The molecule has 0 heterocycles. The minimum atomic E-state index is -3.85. The van der Waals surface area contributed by atoms with Crippen molar-refractivity contribution < 1.29 is 18.1 Å². The first-order chi connectivity index (χ1) is 10.8. The van der Waals surface area contributed by atoms with Crippen LogP contribution in [0.5, 0.6) is 0 Å². The van der Waals surface area contributed by atoms with Gasteiger partial charge in [-0.1, -0.05) is 64.7 Å². The Kier molecular flexibility index (Phi) is 19.8. The van der Waals surface area contributed by atoms with E-state index < -0.39 is 10.1 Å². The zero-order valence-corrected chi connectivity index (χ0v) is 16.3. The van der Waals surface area contributed by atoms with E-state index in [9.17, 15) is 8.42 Å². The Morgan fingerprint density at radius 3 is 1.52 bits per heavy atom. The van der Waals surface area contributed by atoms with Gasteiger partial charge in [0.2, 0.25) is 0 Å². The summed E-state index contributed by atoms with van der Waals surface area (Å²) in [5.41, 5.74) is 0. The molecule has 0 aromatic carbocycles. The number of hydrogen-bond donors (Lipinski definition) is 2. The van der Waals surface area contributed by atoms with Crippen molar-refractivity contribution in [2.24, 2.45) is 0 Å². The smallest absolute Gasteiger partial charge is 0.264 e. The van der Waals surface area contributed by atoms with Crippen LogP contribution in [0.4, 0.5) is 0 Å². The summed E-state index contributed by atoms with van der Waals surface area (Å²) in [6, 6.07) is 0. The van der Waals surface area contributed by atoms with Gasteiger partial charge in [-0.25, -0.2) is 0 Å². The van der Waals surface area contributed by atoms with Gasteiger partial charge in [-0.3, -0.25) is 4.55 Å². The predicted molar refractivity (Wildman–Crippen MR) is 98.5 cm³/mol. The molecule has 0 rings (SSSR count). The first kappa shape index (κ1) is 25.1. The fourth-order valence-corrected chi connectivity index (χ4v) is 2.66. The summed E-state index contributed by atoms with van der Waals surface area (Å²) in [5, 5.41) is 8.05. The molecule has 0 aliphatic carbocycles. The number of aliphatic hydroxyl groups is 1. The average molecular weight is 354 g/mol. The molecule has 5 nitrogen and oxygen atoms in total. The summed E-state index contributed by atoms with van der Waals surface area (Å²) in [5.74, 6) is -0.358. The molecule has 0 saturated heterocycles. The van der Waals surface area contributed by atoms with Crippen molar-refractivity contribution in [3.8, 4) is 0 Å². The maximum Gasteiger partial charge on any atom is 0.264 e. The third-order valence-electron chi connectivity index (χ3n) is 3.52. The molecule has 23 heavy (non-hydrogen) atoms. The van der Waals surface area contributed by atoms with Crippen molar-refractivity contribution >= 4 is 10.1 Å². The number of unbranched alkanes of at least 4 members (excludes halogenated alkanes) is 9. The lowest BCUT2D eigenvalue weighted by atomic mass is 10.1. The van der Waals surface area contributed by atoms with E-state index in [0.29, 0.717) is 0 Å². The van der Waals surface area contributed by atoms with E-state index in [4.69, 9.17) is 9.66 Å². The molecule has 0 aromatic heterocycles. The van der Waals surface area contributed by atoms with Crippen molar-refractivity contribution in [3.63, 3.8) is 0 Å². The number of hydrogen-bond acceptors (Lipinski definition) is 4. The number of aliphatic hydroxyl groups excluding tert-OH is 1. The van der Waals surface area contributed by atoms with Crippen molar-refractivity contribution in [1.82, 2.24) is 4.90 Å². The Bertz CT molecular complexity index is 319. The second-order valence-corrected chi connectivity index (χ2v) is 7.92. The molecule has 142 valence electrons. The molecule has 6 heteroatoms. The quantitative estimate of drug-likeness (QED) is 0.367. The van der Waals surface area contributed by atoms with Crippen molar-refractivity contribution in [2.45, 2.75) is 77.6 Å². The van der Waals surface area contributed by atoms with Gasteiger partial charge in [0.1, 0.15) is 0 Å². The maximum atomic E-state index is 9.83. The zero-order chi connectivity index (χ0) is 18.0. The van der Waals surface area contributed by atoms with Crippen LogP contribution in [0.2, 0.25) is 0 Å². The van der Waals surface area contributed by atoms with E-state index in [1.54, 1.807) is 0 Å². The van der Waals surface area contributed by atoms with E-state index in [1.165, 1.54) is 70.8 Å². The van der Waals surface area contributed by atoms with Crippen LogP contribution in [0.1, 0.15) is 77.6 Å². The Labute approximate surface area is 144 Å². The van der Waals surface area contributed by atoms with Gasteiger partial charge in [0, 0.05) is 6.61 Å². The monoisotopic (exact) mass is 353 g/mol. The third kappa shape index (κ3) is 30.3. The van der Waals surface area contributed by atoms with Crippen LogP contribution in [0.3, 0.4) is 0 Å². The number of nitrogens with zero attached hydrogens (tertiary/aromatic N) is 1. The highest BCUT2D eigenvalue weighted by molar-refractivity contribution is 7.85. The number of rotatable bonds is 14. The molecule has 0 amide bonds. The van der Waals surface area contributed by atoms with Crippen LogP contribution in [0.15, 0.2) is 0 Å². The fraction of sp³-hybridized carbons (Fsp3) is 1.00. The Balaban J connectivity index is 0. The zero-order valence-electron chi connectivity index (χ0n) is 15.5. The highest BCUT2D eigenvalue weighted by Crippen LogP contribution is 2.10. The summed E-state index contributed by atoms with van der Waals surface area (Å²) in [4.78, 5) is 2.28. The molecule has 0 aliphatic rings. The molecule has 0 unspecified atom stereocenters. The highest BCUT2D eigenvalue weighted by Gasteiger charge is 2.00. The van der Waals surface area contributed by atoms with Crippen molar-refractivity contribution in [1.29, 1.82) is 0 Å². The fourth-order valence-electron chi connectivity index (χ4n) is 2.16. The second-order valence-electron chi connectivity index (χ2n) is 6.35. The van der Waals surface area contributed by atoms with Gasteiger partial charge in [-0.2, -0.15) is 8.42 Å². The lowest BCUT2D eigenvalue weighted by molar-refractivity contribution is 0.294. The second kappa shape index (κ2) is 18.2. The molecular formula is C17H39NO4S. The van der Waals surface area contributed by atoms with Crippen molar-refractivity contribution in [2.75, 3.05) is 33.0 Å². The normalized spacial score (nSPS) is 11.4. The first-order valence-electron chi connectivity index (χ1n) is 9.04. The van der Waals surface area contributed by atoms with Crippen molar-refractivity contribution in [3.05, 3.63) is 0 Å². The van der Waals surface area contributed by atoms with Crippen LogP contribution in [-0.4, -0.2) is 56.0 Å². The summed E-state index contributed by atoms with van der Waals surface area (Å²) in [6.07, 6.45) is 14.4. The molecule has 0 aliphatic heterocycles. The van der Waals surface area contributed by atoms with Crippen LogP contribution in [0.25, 0.3) is 0 Å². The van der Waals surface area contributed by atoms with Crippen LogP contribution in [-0.2, 0) is 10.1 Å². The van der Waals surface area contributed by atoms with E-state index in [1.807, 2.05) is 0 Å². The Morgan fingerprint density at radius 1 is 0.783 bits per heavy atom. The molecule has 0 aromatic rings. The summed E-state index contributed by atoms with van der Waals surface area (Å²) < 4.78 is 27.7. The predicted octanol–water partition coefficient (Wildman–Crippen LogP) is 3.73. The molecule has 2 N–H and O–H groups in total. The van der Waals surface area contributed by atoms with Gasteiger partial charge in [-0.05, 0) is 33.5 Å². The Hall–Kier alpha value is -0.170. The standard InChI is InChI=1S/C14H31N.C3H8O4S/c1-4-5-6-7-8-9-10-11-12-13-14-15(2)3;4-2-1-3-8(5,6)7/h4-14H2,1-3H3;4H,1-3H2,(H,5,6,7). The topological polar surface area (TPSA) is 77.8 Å². The van der Waals surface area contributed by atoms with Crippen LogP contribution in [0, 0.1) is 0 Å². The average Bonchev–Trinajstić information content (AvgIpc) is 2.47. The SMILES string of the molecule is CCCCCCCCCCCCN(C)C.O=S(=O)(O)CCCO. The summed E-state index contributed by atoms with van der Waals surface area (Å²) in [7, 11) is 0.475. The lowest BCUT2D eigenvalue weighted by Crippen LogP contribution is -2.12. The third-order valence-corrected chi connectivity index (χ3v) is 4.32. The molecule has 0 saturated carbocycles. The first-order valence-corrected chi connectivity index (χ1v) is 10.6. The molecular weight excluding hydrogens is 314 g/mol. The molecule has 0 fully saturated rings. The summed E-state index contributed by atoms with van der Waals surface area (Å²) >= 11 is 0. The minimum Gasteiger partial charge on any atom is -0.396 e.